The van der Waals surface area contributed by atoms with Gasteiger partial charge in [0, 0.05) is 65.9 Å². The average Bonchev–Trinajstić information content (AvgIpc) is 3.89. The van der Waals surface area contributed by atoms with Crippen LogP contribution in [0.3, 0.4) is 0 Å². The summed E-state index contributed by atoms with van der Waals surface area (Å²) in [6, 6.07) is 36.7. The number of nitrogens with zero attached hydrogens (tertiary/aromatic N) is 7. The van der Waals surface area contributed by atoms with Crippen molar-refractivity contribution in [1.82, 2.24) is 33.6 Å². The Balaban J connectivity index is 0.00000324. The summed E-state index contributed by atoms with van der Waals surface area (Å²) in [5.74, 6) is 1.77. The van der Waals surface area contributed by atoms with Crippen molar-refractivity contribution < 1.29 is 21.1 Å². The molecule has 0 unspecified atom stereocenters. The molecule has 0 saturated carbocycles. The largest absolute Gasteiger partial charge is 2.00 e. The Morgan fingerprint density at radius 1 is 0.702 bits per heavy atom. The molecule has 0 bridgehead atoms. The third-order valence-corrected chi connectivity index (χ3v) is 9.47. The van der Waals surface area contributed by atoms with Crippen molar-refractivity contribution >= 4 is 43.4 Å². The van der Waals surface area contributed by atoms with Crippen LogP contribution in [0.15, 0.2) is 116 Å². The van der Waals surface area contributed by atoms with Crippen LogP contribution in [0.1, 0.15) is 0 Å². The van der Waals surface area contributed by atoms with Crippen LogP contribution in [-0.4, -0.2) is 33.6 Å². The molecule has 0 fully saturated rings. The van der Waals surface area contributed by atoms with E-state index in [0.29, 0.717) is 0 Å². The van der Waals surface area contributed by atoms with E-state index in [1.807, 2.05) is 80.0 Å². The second-order valence-corrected chi connectivity index (χ2v) is 12.3. The van der Waals surface area contributed by atoms with Gasteiger partial charge in [-0.1, -0.05) is 41.3 Å². The molecule has 9 aromatic rings. The smallest absolute Gasteiger partial charge is 0.346 e. The van der Waals surface area contributed by atoms with Crippen LogP contribution in [-0.2, 0) is 35.2 Å². The monoisotopic (exact) mass is 806 g/mol. The quantitative estimate of drug-likeness (QED) is 0.164. The number of pyridine rings is 1. The maximum atomic E-state index is 5.07. The molecule has 0 aliphatic heterocycles. The van der Waals surface area contributed by atoms with Crippen molar-refractivity contribution in [2.45, 2.75) is 0 Å². The number of rotatable bonds is 5. The Bertz CT molecular complexity index is 2540. The molecule has 5 heterocycles. The first-order valence-electron chi connectivity index (χ1n) is 14.9. The van der Waals surface area contributed by atoms with Gasteiger partial charge in [0.25, 0.3) is 0 Å². The van der Waals surface area contributed by atoms with E-state index in [-0.39, 0.29) is 21.1 Å². The molecule has 7 nitrogen and oxygen atoms in total. The van der Waals surface area contributed by atoms with E-state index in [1.165, 1.54) is 0 Å². The number of benzene rings is 4. The number of fused-ring (bicyclic) bond motifs is 4. The van der Waals surface area contributed by atoms with Crippen molar-refractivity contribution in [3.63, 3.8) is 0 Å². The summed E-state index contributed by atoms with van der Waals surface area (Å²) in [7, 11) is 4.04. The van der Waals surface area contributed by atoms with Gasteiger partial charge in [-0.15, -0.1) is 47.5 Å². The fourth-order valence-electron chi connectivity index (χ4n) is 6.23. The Morgan fingerprint density at radius 2 is 1.51 bits per heavy atom. The molecule has 0 N–H and O–H groups in total. The minimum absolute atomic E-state index is 0. The van der Waals surface area contributed by atoms with E-state index in [0.717, 1.165) is 82.3 Å². The molecule has 47 heavy (non-hydrogen) atoms. The fourth-order valence-corrected chi connectivity index (χ4v) is 7.21. The van der Waals surface area contributed by atoms with Crippen LogP contribution >= 0.6 is 11.3 Å². The number of para-hydroxylation sites is 1. The first-order valence-corrected chi connectivity index (χ1v) is 15.7. The average molecular weight is 807 g/mol. The number of thiazole rings is 1. The predicted molar refractivity (Wildman–Crippen MR) is 185 cm³/mol. The van der Waals surface area contributed by atoms with E-state index in [4.69, 9.17) is 9.97 Å². The fraction of sp³-hybridized carbons (Fsp3) is 0.0526. The number of imidazole rings is 2. The molecule has 0 spiro atoms. The van der Waals surface area contributed by atoms with E-state index in [1.54, 1.807) is 11.3 Å². The molecule has 0 atom stereocenters. The first kappa shape index (κ1) is 29.2. The molecule has 0 saturated heterocycles. The minimum Gasteiger partial charge on any atom is -0.346 e. The normalized spacial score (nSPS) is 11.4. The van der Waals surface area contributed by atoms with Gasteiger partial charge in [-0.05, 0) is 52.6 Å². The van der Waals surface area contributed by atoms with E-state index in [2.05, 4.69) is 85.8 Å². The van der Waals surface area contributed by atoms with Gasteiger partial charge in [0.1, 0.15) is 5.82 Å². The standard InChI is InChI=1S/C38H25N7S.Pt/c1-43-18-16-40-36(43)25-13-14-33-27(21-25)28-22-29(37-41-17-19-44(37)2)30(38-42-32-11-3-4-12-35(32)46-38)23-34(28)45(33)26-9-7-8-24(20-26)31-10-5-6-15-39-31;/h3-19,21-22H,1-2H3;/q-2;+2. The Morgan fingerprint density at radius 3 is 2.28 bits per heavy atom. The molecule has 0 radical (unpaired) electrons. The van der Waals surface area contributed by atoms with E-state index < -0.39 is 0 Å². The number of aromatic nitrogens is 7. The summed E-state index contributed by atoms with van der Waals surface area (Å²) in [5, 5.41) is 3.05. The summed E-state index contributed by atoms with van der Waals surface area (Å²) < 4.78 is 7.47. The molecule has 0 amide bonds. The van der Waals surface area contributed by atoms with Gasteiger partial charge in [-0.25, -0.2) is 9.97 Å². The zero-order chi connectivity index (χ0) is 30.8. The predicted octanol–water partition coefficient (Wildman–Crippen LogP) is 8.52. The molecular formula is C38H25N7PtS. The van der Waals surface area contributed by atoms with Crippen LogP contribution in [0.5, 0.6) is 0 Å². The minimum atomic E-state index is 0. The SMILES string of the molecule is Cn1ccnc1-c1ccc2c(c1)c1cc(-c3nccn3C)c(-c3nc4ccccc4s3)[c-]c1n2-c1[c-]c(-c2ccccn2)ccc1.[Pt+2]. The Kier molecular flexibility index (Phi) is 7.20. The molecule has 0 aliphatic rings. The van der Waals surface area contributed by atoms with Gasteiger partial charge in [-0.3, -0.25) is 4.98 Å². The van der Waals surface area contributed by atoms with Crippen molar-refractivity contribution in [2.75, 3.05) is 0 Å². The summed E-state index contributed by atoms with van der Waals surface area (Å²) >= 11 is 1.67. The molecule has 4 aromatic carbocycles. The van der Waals surface area contributed by atoms with E-state index in [9.17, 15) is 0 Å². The molecule has 0 aliphatic carbocycles. The van der Waals surface area contributed by atoms with Gasteiger partial charge in [0.2, 0.25) is 0 Å². The Labute approximate surface area is 289 Å². The second-order valence-electron chi connectivity index (χ2n) is 11.3. The topological polar surface area (TPSA) is 66.3 Å². The third kappa shape index (κ3) is 4.84. The van der Waals surface area contributed by atoms with Crippen molar-refractivity contribution in [2.24, 2.45) is 14.1 Å². The third-order valence-electron chi connectivity index (χ3n) is 8.42. The maximum absolute atomic E-state index is 5.07. The molecule has 9 heteroatoms. The van der Waals surface area contributed by atoms with Crippen molar-refractivity contribution in [3.8, 4) is 50.3 Å². The molecule has 9 rings (SSSR count). The summed E-state index contributed by atoms with van der Waals surface area (Å²) in [6.45, 7) is 0. The summed E-state index contributed by atoms with van der Waals surface area (Å²) in [5.41, 5.74) is 8.59. The van der Waals surface area contributed by atoms with Crippen LogP contribution in [0.4, 0.5) is 0 Å². The number of aryl methyl sites for hydroxylation is 2. The van der Waals surface area contributed by atoms with Gasteiger partial charge in [0.05, 0.1) is 11.3 Å². The van der Waals surface area contributed by atoms with Gasteiger partial charge >= 0.3 is 21.1 Å². The molecule has 5 aromatic heterocycles. The first-order chi connectivity index (χ1) is 22.6. The summed E-state index contributed by atoms with van der Waals surface area (Å²) in [4.78, 5) is 19.1. The zero-order valence-corrected chi connectivity index (χ0v) is 28.4. The second kappa shape index (κ2) is 11.6. The van der Waals surface area contributed by atoms with Crippen LogP contribution in [0, 0.1) is 12.1 Å². The van der Waals surface area contributed by atoms with Crippen molar-refractivity contribution in [1.29, 1.82) is 0 Å². The van der Waals surface area contributed by atoms with E-state index >= 15 is 0 Å². The molecular weight excluding hydrogens is 782 g/mol. The van der Waals surface area contributed by atoms with Crippen molar-refractivity contribution in [3.05, 3.63) is 128 Å². The van der Waals surface area contributed by atoms with Gasteiger partial charge in [-0.2, -0.15) is 11.3 Å². The zero-order valence-electron chi connectivity index (χ0n) is 25.3. The summed E-state index contributed by atoms with van der Waals surface area (Å²) in [6.07, 6.45) is 9.42. The van der Waals surface area contributed by atoms with Gasteiger partial charge in [0.15, 0.2) is 0 Å². The Hall–Kier alpha value is -5.17. The molecule has 228 valence electrons. The van der Waals surface area contributed by atoms with Crippen LogP contribution in [0.2, 0.25) is 0 Å². The van der Waals surface area contributed by atoms with Crippen LogP contribution in [0.25, 0.3) is 82.3 Å². The van der Waals surface area contributed by atoms with Crippen LogP contribution < -0.4 is 0 Å². The number of hydrogen-bond donors (Lipinski definition) is 0. The number of hydrogen-bond acceptors (Lipinski definition) is 5. The maximum Gasteiger partial charge on any atom is 2.00 e. The van der Waals surface area contributed by atoms with Gasteiger partial charge < -0.3 is 18.7 Å².